The van der Waals surface area contributed by atoms with Crippen LogP contribution in [0.3, 0.4) is 0 Å². The fourth-order valence-corrected chi connectivity index (χ4v) is 1.23. The van der Waals surface area contributed by atoms with E-state index in [2.05, 4.69) is 15.9 Å². The van der Waals surface area contributed by atoms with Crippen molar-refractivity contribution in [2.45, 2.75) is 13.0 Å². The Bertz CT molecular complexity index is 275. The lowest BCUT2D eigenvalue weighted by atomic mass is 10.1. The maximum absolute atomic E-state index is 12.2. The summed E-state index contributed by atoms with van der Waals surface area (Å²) < 4.78 is 13.2. The van der Waals surface area contributed by atoms with Crippen molar-refractivity contribution in [3.05, 3.63) is 33.8 Å². The van der Waals surface area contributed by atoms with Crippen LogP contribution >= 0.6 is 15.9 Å². The molecule has 0 saturated heterocycles. The van der Waals surface area contributed by atoms with Crippen LogP contribution in [0, 0.1) is 6.92 Å². The maximum atomic E-state index is 12.2. The average Bonchev–Trinajstić information content (AvgIpc) is 2.08. The van der Waals surface area contributed by atoms with E-state index in [0.29, 0.717) is 0 Å². The van der Waals surface area contributed by atoms with Crippen molar-refractivity contribution < 1.29 is 4.39 Å². The smallest absolute Gasteiger partial charge is 0.109 e. The Morgan fingerprint density at radius 1 is 1.58 bits per heavy atom. The fraction of sp³-hybridized carbons (Fsp3) is 0.333. The summed E-state index contributed by atoms with van der Waals surface area (Å²) in [6.45, 7) is 1.44. The molecule has 0 aliphatic heterocycles. The van der Waals surface area contributed by atoms with Gasteiger partial charge in [-0.1, -0.05) is 28.1 Å². The Labute approximate surface area is 79.9 Å². The van der Waals surface area contributed by atoms with Crippen molar-refractivity contribution in [1.29, 1.82) is 0 Å². The monoisotopic (exact) mass is 231 g/mol. The van der Waals surface area contributed by atoms with Crippen molar-refractivity contribution >= 4 is 15.9 Å². The highest BCUT2D eigenvalue weighted by Crippen LogP contribution is 2.20. The maximum Gasteiger partial charge on any atom is 0.109 e. The first kappa shape index (κ1) is 9.68. The first-order valence-corrected chi connectivity index (χ1v) is 4.52. The summed E-state index contributed by atoms with van der Waals surface area (Å²) in [5.41, 5.74) is 7.45. The minimum atomic E-state index is -0.513. The van der Waals surface area contributed by atoms with Crippen molar-refractivity contribution in [3.63, 3.8) is 0 Å². The van der Waals surface area contributed by atoms with Crippen LogP contribution < -0.4 is 5.73 Å². The number of hydrogen-bond donors (Lipinski definition) is 1. The van der Waals surface area contributed by atoms with Crippen molar-refractivity contribution in [1.82, 2.24) is 0 Å². The highest BCUT2D eigenvalue weighted by atomic mass is 79.9. The molecule has 2 N–H and O–H groups in total. The highest BCUT2D eigenvalue weighted by Gasteiger charge is 2.05. The minimum absolute atomic E-state index is 0.489. The molecule has 1 nitrogen and oxygen atoms in total. The molecule has 66 valence electrons. The zero-order valence-corrected chi connectivity index (χ0v) is 8.44. The van der Waals surface area contributed by atoms with Crippen LogP contribution in [0.25, 0.3) is 0 Å². The average molecular weight is 232 g/mol. The van der Waals surface area contributed by atoms with Gasteiger partial charge in [-0.15, -0.1) is 0 Å². The van der Waals surface area contributed by atoms with Crippen LogP contribution in [0.15, 0.2) is 22.7 Å². The van der Waals surface area contributed by atoms with Gasteiger partial charge in [0.15, 0.2) is 0 Å². The van der Waals surface area contributed by atoms with Crippen molar-refractivity contribution in [2.24, 2.45) is 5.73 Å². The summed E-state index contributed by atoms with van der Waals surface area (Å²) in [4.78, 5) is 0. The number of nitrogens with two attached hydrogens (primary N) is 1. The second-order valence-electron chi connectivity index (χ2n) is 2.77. The Morgan fingerprint density at radius 2 is 2.25 bits per heavy atom. The summed E-state index contributed by atoms with van der Waals surface area (Å²) in [5.74, 6) is 0. The molecule has 0 aromatic heterocycles. The molecule has 1 aromatic rings. The quantitative estimate of drug-likeness (QED) is 0.833. The number of alkyl halides is 1. The summed E-state index contributed by atoms with van der Waals surface area (Å²) in [5, 5.41) is 0. The van der Waals surface area contributed by atoms with Gasteiger partial charge in [-0.05, 0) is 24.1 Å². The molecule has 0 heterocycles. The number of rotatable bonds is 2. The van der Waals surface area contributed by atoms with Gasteiger partial charge in [-0.3, -0.25) is 0 Å². The van der Waals surface area contributed by atoms with Gasteiger partial charge in [0.2, 0.25) is 0 Å². The third-order valence-electron chi connectivity index (χ3n) is 1.78. The molecule has 12 heavy (non-hydrogen) atoms. The number of hydrogen-bond acceptors (Lipinski definition) is 1. The normalized spacial score (nSPS) is 13.0. The standard InChI is InChI=1S/C9H11BrFN/c1-6-4-7(9(12)5-11)2-3-8(6)10/h2-4,9H,5,12H2,1H3/t9-/m0/s1. The number of benzene rings is 1. The van der Waals surface area contributed by atoms with Gasteiger partial charge in [-0.2, -0.15) is 0 Å². The zero-order valence-electron chi connectivity index (χ0n) is 6.85. The lowest BCUT2D eigenvalue weighted by molar-refractivity contribution is 0.437. The summed E-state index contributed by atoms with van der Waals surface area (Å²) >= 11 is 3.37. The topological polar surface area (TPSA) is 26.0 Å². The second kappa shape index (κ2) is 4.01. The van der Waals surface area contributed by atoms with Gasteiger partial charge >= 0.3 is 0 Å². The Morgan fingerprint density at radius 3 is 2.75 bits per heavy atom. The molecular weight excluding hydrogens is 221 g/mol. The molecule has 3 heteroatoms. The molecule has 0 aliphatic carbocycles. The van der Waals surface area contributed by atoms with Gasteiger partial charge < -0.3 is 5.73 Å². The van der Waals surface area contributed by atoms with Crippen LogP contribution in [-0.2, 0) is 0 Å². The lowest BCUT2D eigenvalue weighted by Gasteiger charge is -2.08. The van der Waals surface area contributed by atoms with Crippen molar-refractivity contribution in [2.75, 3.05) is 6.67 Å². The molecule has 0 bridgehead atoms. The molecule has 1 aromatic carbocycles. The van der Waals surface area contributed by atoms with Gasteiger partial charge in [0.1, 0.15) is 6.67 Å². The van der Waals surface area contributed by atoms with E-state index >= 15 is 0 Å². The third kappa shape index (κ3) is 2.05. The van der Waals surface area contributed by atoms with E-state index < -0.39 is 12.7 Å². The summed E-state index contributed by atoms with van der Waals surface area (Å²) in [6.07, 6.45) is 0. The van der Waals surface area contributed by atoms with Crippen molar-refractivity contribution in [3.8, 4) is 0 Å². The minimum Gasteiger partial charge on any atom is -0.322 e. The SMILES string of the molecule is Cc1cc([C@@H](N)CF)ccc1Br. The van der Waals surface area contributed by atoms with Gasteiger partial charge in [0.05, 0.1) is 6.04 Å². The van der Waals surface area contributed by atoms with E-state index in [1.165, 1.54) is 0 Å². The first-order chi connectivity index (χ1) is 5.65. The van der Waals surface area contributed by atoms with Gasteiger partial charge in [0, 0.05) is 4.47 Å². The summed E-state index contributed by atoms with van der Waals surface area (Å²) in [7, 11) is 0. The van der Waals surface area contributed by atoms with E-state index in [9.17, 15) is 4.39 Å². The van der Waals surface area contributed by atoms with Crippen LogP contribution in [-0.4, -0.2) is 6.67 Å². The third-order valence-corrected chi connectivity index (χ3v) is 2.67. The predicted octanol–water partition coefficient (Wildman–Crippen LogP) is 2.73. The van der Waals surface area contributed by atoms with E-state index in [1.807, 2.05) is 25.1 Å². The fourth-order valence-electron chi connectivity index (χ4n) is 0.988. The summed E-state index contributed by atoms with van der Waals surface area (Å²) in [6, 6.07) is 5.13. The molecule has 0 unspecified atom stereocenters. The van der Waals surface area contributed by atoms with E-state index in [-0.39, 0.29) is 0 Å². The molecule has 1 rings (SSSR count). The van der Waals surface area contributed by atoms with Gasteiger partial charge in [0.25, 0.3) is 0 Å². The molecule has 0 aliphatic rings. The van der Waals surface area contributed by atoms with E-state index in [0.717, 1.165) is 15.6 Å². The van der Waals surface area contributed by atoms with Crippen LogP contribution in [0.4, 0.5) is 4.39 Å². The van der Waals surface area contributed by atoms with Gasteiger partial charge in [-0.25, -0.2) is 4.39 Å². The highest BCUT2D eigenvalue weighted by molar-refractivity contribution is 9.10. The molecule has 0 radical (unpaired) electrons. The molecule has 1 atom stereocenters. The van der Waals surface area contributed by atoms with E-state index in [4.69, 9.17) is 5.73 Å². The Balaban J connectivity index is 2.96. The molecule has 0 spiro atoms. The Kier molecular flexibility index (Phi) is 3.23. The largest absolute Gasteiger partial charge is 0.322 e. The molecule has 0 saturated carbocycles. The predicted molar refractivity (Wildman–Crippen MR) is 51.8 cm³/mol. The van der Waals surface area contributed by atoms with Crippen LogP contribution in [0.1, 0.15) is 17.2 Å². The van der Waals surface area contributed by atoms with Crippen LogP contribution in [0.2, 0.25) is 0 Å². The number of aryl methyl sites for hydroxylation is 1. The van der Waals surface area contributed by atoms with Crippen LogP contribution in [0.5, 0.6) is 0 Å². The van der Waals surface area contributed by atoms with E-state index in [1.54, 1.807) is 0 Å². The first-order valence-electron chi connectivity index (χ1n) is 3.72. The lowest BCUT2D eigenvalue weighted by Crippen LogP contribution is -2.12. The molecule has 0 amide bonds. The molecule has 0 fully saturated rings. The molecular formula is C9H11BrFN. The number of halogens is 2. The Hall–Kier alpha value is -0.410. The second-order valence-corrected chi connectivity index (χ2v) is 3.62. The zero-order chi connectivity index (χ0) is 9.14.